The fraction of sp³-hybridized carbons (Fsp3) is 0.500. The van der Waals surface area contributed by atoms with Gasteiger partial charge in [-0.25, -0.2) is 9.59 Å². The quantitative estimate of drug-likeness (QED) is 0.689. The first-order valence-electron chi connectivity index (χ1n) is 7.36. The average Bonchev–Trinajstić information content (AvgIpc) is 2.45. The van der Waals surface area contributed by atoms with Crippen molar-refractivity contribution in [3.63, 3.8) is 0 Å². The van der Waals surface area contributed by atoms with Crippen molar-refractivity contribution < 1.29 is 14.7 Å². The molecule has 0 radical (unpaired) electrons. The van der Waals surface area contributed by atoms with E-state index in [0.717, 1.165) is 12.8 Å². The zero-order valence-corrected chi connectivity index (χ0v) is 12.6. The van der Waals surface area contributed by atoms with Crippen LogP contribution in [0.25, 0.3) is 0 Å². The molecule has 2 atom stereocenters. The lowest BCUT2D eigenvalue weighted by Crippen LogP contribution is -2.48. The van der Waals surface area contributed by atoms with Gasteiger partial charge in [0.1, 0.15) is 6.04 Å². The molecule has 0 aromatic heterocycles. The highest BCUT2D eigenvalue weighted by Crippen LogP contribution is 2.05. The number of aliphatic carboxylic acids is 1. The number of carbonyl (C=O) groups is 2. The molecule has 1 aromatic carbocycles. The molecule has 0 bridgehead atoms. The SMILES string of the molecule is CCC[C@@H](NC(=O)NC(C)CCc1ccccc1)C(=O)O. The third-order valence-electron chi connectivity index (χ3n) is 3.27. The van der Waals surface area contributed by atoms with E-state index >= 15 is 0 Å². The Kier molecular flexibility index (Phi) is 7.29. The van der Waals surface area contributed by atoms with Gasteiger partial charge in [0.15, 0.2) is 0 Å². The summed E-state index contributed by atoms with van der Waals surface area (Å²) in [6.07, 6.45) is 2.82. The van der Waals surface area contributed by atoms with Crippen molar-refractivity contribution in [2.24, 2.45) is 0 Å². The average molecular weight is 292 g/mol. The Morgan fingerprint density at radius 2 is 1.81 bits per heavy atom. The number of aryl methyl sites for hydroxylation is 1. The third kappa shape index (κ3) is 6.79. The summed E-state index contributed by atoms with van der Waals surface area (Å²) >= 11 is 0. The number of amides is 2. The summed E-state index contributed by atoms with van der Waals surface area (Å²) in [7, 11) is 0. The van der Waals surface area contributed by atoms with Gasteiger partial charge >= 0.3 is 12.0 Å². The van der Waals surface area contributed by atoms with Crippen LogP contribution >= 0.6 is 0 Å². The zero-order chi connectivity index (χ0) is 15.7. The largest absolute Gasteiger partial charge is 0.480 e. The number of carbonyl (C=O) groups excluding carboxylic acids is 1. The Labute approximate surface area is 125 Å². The number of hydrogen-bond donors (Lipinski definition) is 3. The van der Waals surface area contributed by atoms with Crippen LogP contribution in [0.4, 0.5) is 4.79 Å². The molecule has 1 unspecified atom stereocenters. The normalized spacial score (nSPS) is 13.2. The van der Waals surface area contributed by atoms with Crippen LogP contribution in [0.3, 0.4) is 0 Å². The highest BCUT2D eigenvalue weighted by Gasteiger charge is 2.19. The van der Waals surface area contributed by atoms with Gasteiger partial charge in [-0.3, -0.25) is 0 Å². The standard InChI is InChI=1S/C16H24N2O3/c1-3-7-14(15(19)20)18-16(21)17-12(2)10-11-13-8-5-4-6-9-13/h4-6,8-9,12,14H,3,7,10-11H2,1-2H3,(H,19,20)(H2,17,18,21)/t12?,14-/m1/s1. The van der Waals surface area contributed by atoms with Crippen LogP contribution in [0.5, 0.6) is 0 Å². The Morgan fingerprint density at radius 1 is 1.14 bits per heavy atom. The summed E-state index contributed by atoms with van der Waals surface area (Å²) in [4.78, 5) is 22.7. The van der Waals surface area contributed by atoms with Gasteiger partial charge in [-0.05, 0) is 31.7 Å². The maximum absolute atomic E-state index is 11.8. The van der Waals surface area contributed by atoms with Crippen molar-refractivity contribution in [3.05, 3.63) is 35.9 Å². The highest BCUT2D eigenvalue weighted by atomic mass is 16.4. The van der Waals surface area contributed by atoms with Crippen LogP contribution in [-0.2, 0) is 11.2 Å². The van der Waals surface area contributed by atoms with E-state index in [1.165, 1.54) is 5.56 Å². The number of hydrogen-bond acceptors (Lipinski definition) is 2. The van der Waals surface area contributed by atoms with Gasteiger partial charge in [0.05, 0.1) is 0 Å². The first-order valence-corrected chi connectivity index (χ1v) is 7.36. The molecule has 0 heterocycles. The first-order chi connectivity index (χ1) is 10.0. The van der Waals surface area contributed by atoms with Crippen molar-refractivity contribution in [2.45, 2.75) is 51.6 Å². The molecule has 0 saturated carbocycles. The molecule has 5 nitrogen and oxygen atoms in total. The van der Waals surface area contributed by atoms with E-state index < -0.39 is 18.0 Å². The minimum absolute atomic E-state index is 0.0127. The topological polar surface area (TPSA) is 78.4 Å². The molecule has 0 aliphatic carbocycles. The van der Waals surface area contributed by atoms with E-state index in [1.807, 2.05) is 32.0 Å². The Hall–Kier alpha value is -2.04. The molecular weight excluding hydrogens is 268 g/mol. The van der Waals surface area contributed by atoms with Crippen LogP contribution in [-0.4, -0.2) is 29.2 Å². The van der Waals surface area contributed by atoms with Crippen LogP contribution in [0, 0.1) is 0 Å². The van der Waals surface area contributed by atoms with Crippen LogP contribution in [0.15, 0.2) is 30.3 Å². The molecule has 1 aromatic rings. The molecule has 2 amide bonds. The lowest BCUT2D eigenvalue weighted by atomic mass is 10.1. The number of rotatable bonds is 8. The molecule has 5 heteroatoms. The fourth-order valence-electron chi connectivity index (χ4n) is 2.07. The number of benzene rings is 1. The van der Waals surface area contributed by atoms with E-state index in [2.05, 4.69) is 22.8 Å². The summed E-state index contributed by atoms with van der Waals surface area (Å²) in [5.74, 6) is -0.996. The third-order valence-corrected chi connectivity index (χ3v) is 3.27. The Balaban J connectivity index is 2.34. The minimum Gasteiger partial charge on any atom is -0.480 e. The molecule has 116 valence electrons. The van der Waals surface area contributed by atoms with E-state index in [9.17, 15) is 9.59 Å². The summed E-state index contributed by atoms with van der Waals surface area (Å²) in [5.41, 5.74) is 1.22. The van der Waals surface area contributed by atoms with Gasteiger partial charge in [0.25, 0.3) is 0 Å². The molecule has 0 aliphatic rings. The summed E-state index contributed by atoms with van der Waals surface area (Å²) in [6, 6.07) is 8.79. The van der Waals surface area contributed by atoms with E-state index in [0.29, 0.717) is 12.8 Å². The summed E-state index contributed by atoms with van der Waals surface area (Å²) < 4.78 is 0. The van der Waals surface area contributed by atoms with Gasteiger partial charge in [-0.15, -0.1) is 0 Å². The lowest BCUT2D eigenvalue weighted by Gasteiger charge is -2.18. The second kappa shape index (κ2) is 9.00. The second-order valence-corrected chi connectivity index (χ2v) is 5.22. The molecule has 3 N–H and O–H groups in total. The molecular formula is C16H24N2O3. The highest BCUT2D eigenvalue weighted by molar-refractivity contribution is 5.82. The molecule has 0 aliphatic heterocycles. The summed E-state index contributed by atoms with van der Waals surface area (Å²) in [6.45, 7) is 3.80. The molecule has 0 spiro atoms. The van der Waals surface area contributed by atoms with Crippen molar-refractivity contribution in [3.8, 4) is 0 Å². The first kappa shape index (κ1) is 17.0. The smallest absolute Gasteiger partial charge is 0.326 e. The van der Waals surface area contributed by atoms with Gasteiger partial charge in [0, 0.05) is 6.04 Å². The molecule has 0 saturated heterocycles. The van der Waals surface area contributed by atoms with Crippen molar-refractivity contribution in [2.75, 3.05) is 0 Å². The number of carboxylic acid groups (broad SMARTS) is 1. The second-order valence-electron chi connectivity index (χ2n) is 5.22. The maximum Gasteiger partial charge on any atom is 0.326 e. The number of nitrogens with one attached hydrogen (secondary N) is 2. The van der Waals surface area contributed by atoms with Crippen molar-refractivity contribution in [1.29, 1.82) is 0 Å². The lowest BCUT2D eigenvalue weighted by molar-refractivity contribution is -0.139. The minimum atomic E-state index is -0.996. The van der Waals surface area contributed by atoms with Gasteiger partial charge in [-0.2, -0.15) is 0 Å². The Bertz CT molecular complexity index is 448. The fourth-order valence-corrected chi connectivity index (χ4v) is 2.07. The predicted octanol–water partition coefficient (Wildman–Crippen LogP) is 2.56. The van der Waals surface area contributed by atoms with Crippen molar-refractivity contribution >= 4 is 12.0 Å². The number of urea groups is 1. The van der Waals surface area contributed by atoms with Gasteiger partial charge in [-0.1, -0.05) is 43.7 Å². The van der Waals surface area contributed by atoms with E-state index in [1.54, 1.807) is 0 Å². The summed E-state index contributed by atoms with van der Waals surface area (Å²) in [5, 5.41) is 14.3. The molecule has 1 rings (SSSR count). The van der Waals surface area contributed by atoms with Gasteiger partial charge < -0.3 is 15.7 Å². The van der Waals surface area contributed by atoms with Crippen molar-refractivity contribution in [1.82, 2.24) is 10.6 Å². The monoisotopic (exact) mass is 292 g/mol. The van der Waals surface area contributed by atoms with E-state index in [-0.39, 0.29) is 6.04 Å². The molecule has 21 heavy (non-hydrogen) atoms. The van der Waals surface area contributed by atoms with Crippen LogP contribution in [0.2, 0.25) is 0 Å². The molecule has 0 fully saturated rings. The maximum atomic E-state index is 11.8. The number of carboxylic acids is 1. The zero-order valence-electron chi connectivity index (χ0n) is 12.6. The van der Waals surface area contributed by atoms with Gasteiger partial charge in [0.2, 0.25) is 0 Å². The Morgan fingerprint density at radius 3 is 2.38 bits per heavy atom. The van der Waals surface area contributed by atoms with E-state index in [4.69, 9.17) is 5.11 Å². The predicted molar refractivity (Wildman–Crippen MR) is 82.2 cm³/mol. The van der Waals surface area contributed by atoms with Crippen LogP contribution in [0.1, 0.15) is 38.7 Å². The van der Waals surface area contributed by atoms with Crippen LogP contribution < -0.4 is 10.6 Å².